The Labute approximate surface area is 150 Å². The molecular weight excluding hydrogens is 313 g/mol. The van der Waals surface area contributed by atoms with Crippen LogP contribution in [0.25, 0.3) is 0 Å². The summed E-state index contributed by atoms with van der Waals surface area (Å²) in [7, 11) is 2.09. The molecule has 0 atom stereocenters. The SMILES string of the molecule is CCc1cc(CN(C)Cc2cccc(F)c2)cc(N2CCNCC2)c1. The van der Waals surface area contributed by atoms with Crippen LogP contribution >= 0.6 is 0 Å². The second kappa shape index (κ2) is 8.45. The molecule has 1 aliphatic heterocycles. The lowest BCUT2D eigenvalue weighted by molar-refractivity contribution is 0.318. The molecule has 1 heterocycles. The van der Waals surface area contributed by atoms with Gasteiger partial charge < -0.3 is 10.2 Å². The second-order valence-electron chi connectivity index (χ2n) is 6.90. The maximum atomic E-state index is 13.4. The van der Waals surface area contributed by atoms with Crippen molar-refractivity contribution in [2.24, 2.45) is 0 Å². The average molecular weight is 341 g/mol. The Bertz CT molecular complexity index is 695. The quantitative estimate of drug-likeness (QED) is 0.868. The van der Waals surface area contributed by atoms with Crippen LogP contribution in [0.3, 0.4) is 0 Å². The molecule has 0 amide bonds. The minimum absolute atomic E-state index is 0.167. The van der Waals surface area contributed by atoms with Crippen molar-refractivity contribution in [1.29, 1.82) is 0 Å². The Morgan fingerprint density at radius 2 is 1.72 bits per heavy atom. The molecule has 25 heavy (non-hydrogen) atoms. The van der Waals surface area contributed by atoms with Gasteiger partial charge in [0.25, 0.3) is 0 Å². The lowest BCUT2D eigenvalue weighted by Crippen LogP contribution is -2.43. The van der Waals surface area contributed by atoms with Crippen molar-refractivity contribution in [1.82, 2.24) is 10.2 Å². The number of benzene rings is 2. The number of rotatable bonds is 6. The van der Waals surface area contributed by atoms with Crippen molar-refractivity contribution in [2.75, 3.05) is 38.1 Å². The first-order chi connectivity index (χ1) is 12.1. The van der Waals surface area contributed by atoms with Crippen LogP contribution in [0.1, 0.15) is 23.6 Å². The molecule has 3 rings (SSSR count). The Morgan fingerprint density at radius 3 is 2.44 bits per heavy atom. The predicted molar refractivity (Wildman–Crippen MR) is 102 cm³/mol. The number of hydrogen-bond acceptors (Lipinski definition) is 3. The summed E-state index contributed by atoms with van der Waals surface area (Å²) in [6, 6.07) is 13.8. The zero-order valence-corrected chi connectivity index (χ0v) is 15.3. The fourth-order valence-corrected chi connectivity index (χ4v) is 3.46. The zero-order chi connectivity index (χ0) is 17.6. The van der Waals surface area contributed by atoms with Crippen LogP contribution in [-0.4, -0.2) is 38.1 Å². The molecule has 4 heteroatoms. The van der Waals surface area contributed by atoms with Crippen molar-refractivity contribution < 1.29 is 4.39 Å². The van der Waals surface area contributed by atoms with Crippen LogP contribution in [0.15, 0.2) is 42.5 Å². The number of piperazine rings is 1. The summed E-state index contributed by atoms with van der Waals surface area (Å²) in [6.07, 6.45) is 1.04. The number of nitrogens with one attached hydrogen (secondary N) is 1. The van der Waals surface area contributed by atoms with Crippen molar-refractivity contribution >= 4 is 5.69 Å². The molecule has 0 radical (unpaired) electrons. The van der Waals surface area contributed by atoms with E-state index in [9.17, 15) is 4.39 Å². The van der Waals surface area contributed by atoms with Crippen molar-refractivity contribution in [2.45, 2.75) is 26.4 Å². The molecule has 3 nitrogen and oxygen atoms in total. The highest BCUT2D eigenvalue weighted by Gasteiger charge is 2.13. The summed E-state index contributed by atoms with van der Waals surface area (Å²) in [5.41, 5.74) is 5.04. The summed E-state index contributed by atoms with van der Waals surface area (Å²) in [5, 5.41) is 3.41. The summed E-state index contributed by atoms with van der Waals surface area (Å²) < 4.78 is 13.4. The van der Waals surface area contributed by atoms with Gasteiger partial charge in [-0.05, 0) is 54.4 Å². The van der Waals surface area contributed by atoms with E-state index < -0.39 is 0 Å². The van der Waals surface area contributed by atoms with E-state index in [0.717, 1.165) is 51.3 Å². The number of anilines is 1. The summed E-state index contributed by atoms with van der Waals surface area (Å²) >= 11 is 0. The van der Waals surface area contributed by atoms with Crippen LogP contribution in [0.4, 0.5) is 10.1 Å². The minimum Gasteiger partial charge on any atom is -0.369 e. The lowest BCUT2D eigenvalue weighted by atomic mass is 10.1. The van der Waals surface area contributed by atoms with E-state index >= 15 is 0 Å². The summed E-state index contributed by atoms with van der Waals surface area (Å²) in [5.74, 6) is -0.167. The fourth-order valence-electron chi connectivity index (χ4n) is 3.46. The third-order valence-electron chi connectivity index (χ3n) is 4.72. The molecule has 1 fully saturated rings. The van der Waals surface area contributed by atoms with Crippen molar-refractivity contribution in [3.63, 3.8) is 0 Å². The second-order valence-corrected chi connectivity index (χ2v) is 6.90. The molecule has 0 saturated carbocycles. The fraction of sp³-hybridized carbons (Fsp3) is 0.429. The molecule has 1 N–H and O–H groups in total. The van der Waals surface area contributed by atoms with Gasteiger partial charge in [0.2, 0.25) is 0 Å². The molecule has 0 spiro atoms. The Kier molecular flexibility index (Phi) is 6.05. The summed E-state index contributed by atoms with van der Waals surface area (Å²) in [6.45, 7) is 8.03. The van der Waals surface area contributed by atoms with E-state index in [2.05, 4.69) is 47.3 Å². The third kappa shape index (κ3) is 5.03. The molecule has 0 aromatic heterocycles. The number of aryl methyl sites for hydroxylation is 1. The predicted octanol–water partition coefficient (Wildman–Crippen LogP) is 3.43. The first-order valence-electron chi connectivity index (χ1n) is 9.15. The first-order valence-corrected chi connectivity index (χ1v) is 9.15. The van der Waals surface area contributed by atoms with Gasteiger partial charge in [0.1, 0.15) is 5.82 Å². The van der Waals surface area contributed by atoms with Gasteiger partial charge in [-0.1, -0.05) is 25.1 Å². The van der Waals surface area contributed by atoms with Crippen LogP contribution in [0.2, 0.25) is 0 Å². The molecule has 1 aliphatic rings. The molecule has 1 saturated heterocycles. The molecule has 0 aliphatic carbocycles. The maximum Gasteiger partial charge on any atom is 0.123 e. The Balaban J connectivity index is 1.72. The highest BCUT2D eigenvalue weighted by atomic mass is 19.1. The molecular formula is C21H28FN3. The van der Waals surface area contributed by atoms with Crippen LogP contribution in [0.5, 0.6) is 0 Å². The number of halogens is 1. The standard InChI is InChI=1S/C21H28FN3/c1-3-17-11-19(14-21(13-17)25-9-7-23-8-10-25)16-24(2)15-18-5-4-6-20(22)12-18/h4-6,11-14,23H,3,7-10,15-16H2,1-2H3. The van der Waals surface area contributed by atoms with Crippen LogP contribution in [-0.2, 0) is 19.5 Å². The summed E-state index contributed by atoms with van der Waals surface area (Å²) in [4.78, 5) is 4.71. The normalized spacial score (nSPS) is 15.0. The van der Waals surface area contributed by atoms with Gasteiger partial charge in [0, 0.05) is 45.0 Å². The van der Waals surface area contributed by atoms with Crippen LogP contribution < -0.4 is 10.2 Å². The average Bonchev–Trinajstić information content (AvgIpc) is 2.62. The molecule has 2 aromatic carbocycles. The van der Waals surface area contributed by atoms with Gasteiger partial charge in [-0.3, -0.25) is 4.90 Å². The van der Waals surface area contributed by atoms with Crippen molar-refractivity contribution in [3.05, 3.63) is 65.0 Å². The van der Waals surface area contributed by atoms with E-state index in [1.54, 1.807) is 12.1 Å². The Morgan fingerprint density at radius 1 is 1.00 bits per heavy atom. The largest absolute Gasteiger partial charge is 0.369 e. The molecule has 134 valence electrons. The van der Waals surface area contributed by atoms with E-state index in [-0.39, 0.29) is 5.82 Å². The van der Waals surface area contributed by atoms with Gasteiger partial charge >= 0.3 is 0 Å². The van der Waals surface area contributed by atoms with Gasteiger partial charge in [-0.15, -0.1) is 0 Å². The van der Waals surface area contributed by atoms with Gasteiger partial charge in [0.05, 0.1) is 0 Å². The zero-order valence-electron chi connectivity index (χ0n) is 15.3. The van der Waals surface area contributed by atoms with E-state index in [1.165, 1.54) is 22.9 Å². The Hall–Kier alpha value is -1.91. The third-order valence-corrected chi connectivity index (χ3v) is 4.72. The van der Waals surface area contributed by atoms with Gasteiger partial charge in [-0.2, -0.15) is 0 Å². The smallest absolute Gasteiger partial charge is 0.123 e. The highest BCUT2D eigenvalue weighted by Crippen LogP contribution is 2.22. The van der Waals surface area contributed by atoms with Gasteiger partial charge in [0.15, 0.2) is 0 Å². The van der Waals surface area contributed by atoms with E-state index in [1.807, 2.05) is 6.07 Å². The van der Waals surface area contributed by atoms with Crippen LogP contribution in [0, 0.1) is 5.82 Å². The number of hydrogen-bond donors (Lipinski definition) is 1. The molecule has 0 bridgehead atoms. The monoisotopic (exact) mass is 341 g/mol. The minimum atomic E-state index is -0.167. The molecule has 0 unspecified atom stereocenters. The maximum absolute atomic E-state index is 13.4. The number of nitrogens with zero attached hydrogens (tertiary/aromatic N) is 2. The lowest BCUT2D eigenvalue weighted by Gasteiger charge is -2.30. The van der Waals surface area contributed by atoms with E-state index in [4.69, 9.17) is 0 Å². The topological polar surface area (TPSA) is 18.5 Å². The first kappa shape index (κ1) is 17.9. The van der Waals surface area contributed by atoms with E-state index in [0.29, 0.717) is 0 Å². The van der Waals surface area contributed by atoms with Gasteiger partial charge in [-0.25, -0.2) is 4.39 Å². The van der Waals surface area contributed by atoms with Crippen molar-refractivity contribution in [3.8, 4) is 0 Å². The highest BCUT2D eigenvalue weighted by molar-refractivity contribution is 5.52. The molecule has 2 aromatic rings.